The van der Waals surface area contributed by atoms with E-state index >= 15 is 0 Å². The maximum absolute atomic E-state index is 12.5. The first-order valence-electron chi connectivity index (χ1n) is 10.7. The summed E-state index contributed by atoms with van der Waals surface area (Å²) in [7, 11) is 2.22. The zero-order valence-corrected chi connectivity index (χ0v) is 18.1. The third-order valence-electron chi connectivity index (χ3n) is 5.98. The molecule has 2 bridgehead atoms. The van der Waals surface area contributed by atoms with Gasteiger partial charge in [0.2, 0.25) is 0 Å². The third kappa shape index (κ3) is 5.63. The molecule has 2 fully saturated rings. The van der Waals surface area contributed by atoms with Gasteiger partial charge in [-0.15, -0.1) is 0 Å². The molecular weight excluding hydrogens is 364 g/mol. The van der Waals surface area contributed by atoms with Crippen LogP contribution < -0.4 is 5.32 Å². The molecule has 0 aromatic heterocycles. The van der Waals surface area contributed by atoms with Gasteiger partial charge in [-0.3, -0.25) is 0 Å². The molecule has 1 saturated carbocycles. The van der Waals surface area contributed by atoms with E-state index in [9.17, 15) is 4.79 Å². The molecule has 1 aromatic rings. The van der Waals surface area contributed by atoms with Crippen molar-refractivity contribution in [2.75, 3.05) is 38.5 Å². The SMILES string of the molecule is CN(CCCNc1ccc(C#N)cc1)C1C2CCC1CN(C(=O)OC(C)(C)C)C2. The highest BCUT2D eigenvalue weighted by Gasteiger charge is 2.45. The van der Waals surface area contributed by atoms with Crippen LogP contribution in [0.4, 0.5) is 10.5 Å². The number of ether oxygens (including phenoxy) is 1. The van der Waals surface area contributed by atoms with Gasteiger partial charge in [0.25, 0.3) is 0 Å². The Morgan fingerprint density at radius 3 is 2.41 bits per heavy atom. The summed E-state index contributed by atoms with van der Waals surface area (Å²) < 4.78 is 5.58. The van der Waals surface area contributed by atoms with E-state index in [-0.39, 0.29) is 6.09 Å². The summed E-state index contributed by atoms with van der Waals surface area (Å²) in [6.07, 6.45) is 3.29. The van der Waals surface area contributed by atoms with Crippen LogP contribution in [-0.2, 0) is 4.74 Å². The number of carbonyl (C=O) groups excluding carboxylic acids is 1. The Labute approximate surface area is 174 Å². The number of hydrogen-bond acceptors (Lipinski definition) is 5. The van der Waals surface area contributed by atoms with E-state index in [4.69, 9.17) is 10.00 Å². The number of anilines is 1. The Morgan fingerprint density at radius 2 is 1.86 bits per heavy atom. The molecule has 29 heavy (non-hydrogen) atoms. The number of carbonyl (C=O) groups is 1. The van der Waals surface area contributed by atoms with Gasteiger partial charge in [-0.25, -0.2) is 4.79 Å². The Morgan fingerprint density at radius 1 is 1.24 bits per heavy atom. The maximum Gasteiger partial charge on any atom is 0.410 e. The Bertz CT molecular complexity index is 721. The summed E-state index contributed by atoms with van der Waals surface area (Å²) in [5.74, 6) is 1.08. The van der Waals surface area contributed by atoms with Crippen molar-refractivity contribution in [3.05, 3.63) is 29.8 Å². The number of fused-ring (bicyclic) bond motifs is 2. The van der Waals surface area contributed by atoms with Crippen molar-refractivity contribution in [2.45, 2.75) is 51.7 Å². The lowest BCUT2D eigenvalue weighted by Crippen LogP contribution is -2.54. The summed E-state index contributed by atoms with van der Waals surface area (Å²) in [5, 5.41) is 12.3. The zero-order valence-electron chi connectivity index (χ0n) is 18.1. The van der Waals surface area contributed by atoms with Gasteiger partial charge in [0.1, 0.15) is 5.60 Å². The van der Waals surface area contributed by atoms with Crippen molar-refractivity contribution in [2.24, 2.45) is 11.8 Å². The van der Waals surface area contributed by atoms with E-state index in [1.54, 1.807) is 0 Å². The lowest BCUT2D eigenvalue weighted by atomic mass is 9.91. The number of rotatable bonds is 6. The Hall–Kier alpha value is -2.26. The van der Waals surface area contributed by atoms with Gasteiger partial charge in [0.05, 0.1) is 11.6 Å². The molecule has 1 aromatic carbocycles. The fourth-order valence-electron chi connectivity index (χ4n) is 4.76. The maximum atomic E-state index is 12.5. The number of nitriles is 1. The van der Waals surface area contributed by atoms with Crippen LogP contribution >= 0.6 is 0 Å². The first-order valence-corrected chi connectivity index (χ1v) is 10.7. The van der Waals surface area contributed by atoms with Crippen LogP contribution in [0.2, 0.25) is 0 Å². The topological polar surface area (TPSA) is 68.6 Å². The van der Waals surface area contributed by atoms with E-state index in [2.05, 4.69) is 23.3 Å². The van der Waals surface area contributed by atoms with Gasteiger partial charge in [0.15, 0.2) is 0 Å². The van der Waals surface area contributed by atoms with Crippen LogP contribution in [0.1, 0.15) is 45.6 Å². The molecule has 1 aliphatic carbocycles. The van der Waals surface area contributed by atoms with Gasteiger partial charge in [-0.1, -0.05) is 0 Å². The molecule has 1 aliphatic heterocycles. The highest BCUT2D eigenvalue weighted by atomic mass is 16.6. The van der Waals surface area contributed by atoms with E-state index in [0.29, 0.717) is 23.4 Å². The van der Waals surface area contributed by atoms with Gasteiger partial charge in [-0.05, 0) is 89.7 Å². The number of nitrogens with one attached hydrogen (secondary N) is 1. The first kappa shape index (κ1) is 21.4. The van der Waals surface area contributed by atoms with Crippen LogP contribution in [0.15, 0.2) is 24.3 Å². The molecule has 6 nitrogen and oxygen atoms in total. The second kappa shape index (κ2) is 9.04. The highest BCUT2D eigenvalue weighted by molar-refractivity contribution is 5.68. The van der Waals surface area contributed by atoms with Gasteiger partial charge < -0.3 is 19.9 Å². The minimum atomic E-state index is -0.439. The predicted molar refractivity (Wildman–Crippen MR) is 115 cm³/mol. The number of piperidine rings is 1. The van der Waals surface area contributed by atoms with Gasteiger partial charge in [-0.2, -0.15) is 5.26 Å². The summed E-state index contributed by atoms with van der Waals surface area (Å²) in [5.41, 5.74) is 1.30. The van der Waals surface area contributed by atoms with Crippen molar-refractivity contribution >= 4 is 11.8 Å². The number of benzene rings is 1. The fraction of sp³-hybridized carbons (Fsp3) is 0.652. The summed E-state index contributed by atoms with van der Waals surface area (Å²) in [4.78, 5) is 16.9. The molecule has 0 radical (unpaired) electrons. The lowest BCUT2D eigenvalue weighted by Gasteiger charge is -2.42. The number of hydrogen-bond donors (Lipinski definition) is 1. The number of nitrogens with zero attached hydrogens (tertiary/aromatic N) is 3. The smallest absolute Gasteiger partial charge is 0.410 e. The second-order valence-corrected chi connectivity index (χ2v) is 9.42. The second-order valence-electron chi connectivity index (χ2n) is 9.42. The van der Waals surface area contributed by atoms with Crippen molar-refractivity contribution < 1.29 is 9.53 Å². The Balaban J connectivity index is 1.44. The van der Waals surface area contributed by atoms with E-state index in [0.717, 1.165) is 38.3 Å². The van der Waals surface area contributed by atoms with Crippen LogP contribution in [0.25, 0.3) is 0 Å². The van der Waals surface area contributed by atoms with Crippen molar-refractivity contribution in [1.29, 1.82) is 5.26 Å². The third-order valence-corrected chi connectivity index (χ3v) is 5.98. The largest absolute Gasteiger partial charge is 0.444 e. The summed E-state index contributed by atoms with van der Waals surface area (Å²) in [6.45, 7) is 9.33. The van der Waals surface area contributed by atoms with Crippen molar-refractivity contribution in [1.82, 2.24) is 9.80 Å². The van der Waals surface area contributed by atoms with Crippen LogP contribution in [0.5, 0.6) is 0 Å². The van der Waals surface area contributed by atoms with E-state index in [1.165, 1.54) is 12.8 Å². The molecule has 1 heterocycles. The molecule has 2 unspecified atom stereocenters. The van der Waals surface area contributed by atoms with Gasteiger partial charge >= 0.3 is 6.09 Å². The van der Waals surface area contributed by atoms with Crippen LogP contribution in [-0.4, -0.2) is 60.8 Å². The van der Waals surface area contributed by atoms with E-state index in [1.807, 2.05) is 49.9 Å². The molecule has 1 amide bonds. The average molecular weight is 399 g/mol. The summed E-state index contributed by atoms with van der Waals surface area (Å²) in [6, 6.07) is 10.3. The van der Waals surface area contributed by atoms with Crippen LogP contribution in [0.3, 0.4) is 0 Å². The molecule has 2 aliphatic rings. The van der Waals surface area contributed by atoms with E-state index < -0.39 is 5.60 Å². The average Bonchev–Trinajstić information content (AvgIpc) is 2.93. The molecule has 1 saturated heterocycles. The standard InChI is InChI=1S/C23H34N4O2/c1-23(2,3)29-22(28)27-15-18-8-9-19(16-27)21(18)26(4)13-5-12-25-20-10-6-17(14-24)7-11-20/h6-7,10-11,18-19,21,25H,5,8-9,12-13,15-16H2,1-4H3. The zero-order chi connectivity index (χ0) is 21.0. The highest BCUT2D eigenvalue weighted by Crippen LogP contribution is 2.40. The fourth-order valence-corrected chi connectivity index (χ4v) is 4.76. The molecule has 158 valence electrons. The molecular formula is C23H34N4O2. The Kier molecular flexibility index (Phi) is 6.69. The number of amides is 1. The molecule has 1 N–H and O–H groups in total. The predicted octanol–water partition coefficient (Wildman–Crippen LogP) is 3.94. The van der Waals surface area contributed by atoms with Crippen LogP contribution in [0, 0.1) is 23.2 Å². The lowest BCUT2D eigenvalue weighted by molar-refractivity contribution is 0.00141. The normalized spacial score (nSPS) is 23.7. The van der Waals surface area contributed by atoms with Crippen molar-refractivity contribution in [3.8, 4) is 6.07 Å². The minimum Gasteiger partial charge on any atom is -0.444 e. The molecule has 3 rings (SSSR count). The quantitative estimate of drug-likeness (QED) is 0.735. The molecule has 6 heteroatoms. The monoisotopic (exact) mass is 398 g/mol. The number of likely N-dealkylation sites (tertiary alicyclic amines) is 1. The molecule has 0 spiro atoms. The molecule has 2 atom stereocenters. The summed E-state index contributed by atoms with van der Waals surface area (Å²) >= 11 is 0. The minimum absolute atomic E-state index is 0.165. The van der Waals surface area contributed by atoms with Crippen molar-refractivity contribution in [3.63, 3.8) is 0 Å². The van der Waals surface area contributed by atoms with Gasteiger partial charge in [0, 0.05) is 31.4 Å². The first-order chi connectivity index (χ1) is 13.8.